The molecule has 0 bridgehead atoms. The van der Waals surface area contributed by atoms with Gasteiger partial charge in [-0.3, -0.25) is 9.78 Å². The van der Waals surface area contributed by atoms with E-state index < -0.39 is 11.9 Å². The Balaban J connectivity index is 1.59. The van der Waals surface area contributed by atoms with Crippen LogP contribution in [0.25, 0.3) is 0 Å². The molecule has 0 aromatic heterocycles. The molecule has 0 saturated heterocycles. The molecular formula is C28H34O6. The molecule has 6 nitrogen and oxygen atoms in total. The van der Waals surface area contributed by atoms with E-state index in [1.54, 1.807) is 24.3 Å². The average Bonchev–Trinajstić information content (AvgIpc) is 2.80. The number of rotatable bonds is 6. The molecule has 0 fully saturated rings. The van der Waals surface area contributed by atoms with Crippen molar-refractivity contribution in [1.82, 2.24) is 0 Å². The van der Waals surface area contributed by atoms with Crippen LogP contribution in [-0.2, 0) is 30.4 Å². The minimum atomic E-state index is -0.603. The summed E-state index contributed by atoms with van der Waals surface area (Å²) < 4.78 is 0. The highest BCUT2D eigenvalue weighted by atomic mass is 17.2. The van der Waals surface area contributed by atoms with Gasteiger partial charge in [0.15, 0.2) is 11.5 Å². The van der Waals surface area contributed by atoms with Crippen LogP contribution in [0.2, 0.25) is 0 Å². The van der Waals surface area contributed by atoms with Crippen molar-refractivity contribution in [2.24, 2.45) is 0 Å². The lowest BCUT2D eigenvalue weighted by molar-refractivity contribution is -0.239. The number of hydrogen-bond donors (Lipinski definition) is 0. The average molecular weight is 467 g/mol. The van der Waals surface area contributed by atoms with Gasteiger partial charge in [-0.15, -0.1) is 0 Å². The molecule has 3 rings (SSSR count). The van der Waals surface area contributed by atoms with Crippen LogP contribution >= 0.6 is 0 Å². The number of allylic oxidation sites excluding steroid dienone is 2. The molecule has 34 heavy (non-hydrogen) atoms. The van der Waals surface area contributed by atoms with E-state index in [4.69, 9.17) is 19.6 Å². The SMILES string of the molecule is CC(C)(C)c1ccc(C(=O)OOC2=C(OOC(=O)c3ccc(C(C)(C)C)cc3)CCCC2)cc1. The number of carbonyl (C=O) groups is 2. The van der Waals surface area contributed by atoms with Crippen LogP contribution in [0.4, 0.5) is 0 Å². The molecule has 0 atom stereocenters. The Morgan fingerprint density at radius 1 is 0.588 bits per heavy atom. The van der Waals surface area contributed by atoms with Gasteiger partial charge in [0, 0.05) is 12.8 Å². The van der Waals surface area contributed by atoms with Gasteiger partial charge < -0.3 is 0 Å². The first kappa shape index (κ1) is 25.3. The van der Waals surface area contributed by atoms with Gasteiger partial charge in [0.1, 0.15) is 0 Å². The molecule has 0 radical (unpaired) electrons. The molecule has 1 aliphatic carbocycles. The lowest BCUT2D eigenvalue weighted by Crippen LogP contribution is -2.14. The lowest BCUT2D eigenvalue weighted by atomic mass is 9.87. The summed E-state index contributed by atoms with van der Waals surface area (Å²) in [6, 6.07) is 14.5. The zero-order chi connectivity index (χ0) is 24.9. The van der Waals surface area contributed by atoms with E-state index in [2.05, 4.69) is 41.5 Å². The van der Waals surface area contributed by atoms with E-state index >= 15 is 0 Å². The summed E-state index contributed by atoms with van der Waals surface area (Å²) in [5.74, 6) is -0.508. The van der Waals surface area contributed by atoms with Crippen LogP contribution in [0.1, 0.15) is 99.1 Å². The molecule has 0 saturated carbocycles. The minimum absolute atomic E-state index is 0.00977. The van der Waals surface area contributed by atoms with E-state index in [0.29, 0.717) is 35.5 Å². The van der Waals surface area contributed by atoms with E-state index in [1.165, 1.54) is 0 Å². The molecule has 0 heterocycles. The second-order valence-corrected chi connectivity index (χ2v) is 10.6. The molecule has 6 heteroatoms. The molecular weight excluding hydrogens is 432 g/mol. The quantitative estimate of drug-likeness (QED) is 0.339. The standard InChI is InChI=1S/C28H34O6/c1-27(2,3)21-15-11-19(12-16-21)25(29)33-31-23-9-7-8-10-24(23)32-34-26(30)20-13-17-22(18-14-20)28(4,5)6/h11-18H,7-10H2,1-6H3. The third-order valence-corrected chi connectivity index (χ3v) is 5.78. The second kappa shape index (κ2) is 10.3. The Morgan fingerprint density at radius 3 is 1.21 bits per heavy atom. The van der Waals surface area contributed by atoms with Crippen molar-refractivity contribution in [2.75, 3.05) is 0 Å². The molecule has 0 amide bonds. The van der Waals surface area contributed by atoms with Gasteiger partial charge in [-0.25, -0.2) is 19.4 Å². The van der Waals surface area contributed by atoms with Gasteiger partial charge in [-0.1, -0.05) is 65.8 Å². The summed E-state index contributed by atoms with van der Waals surface area (Å²) in [6.07, 6.45) is 2.73. The zero-order valence-electron chi connectivity index (χ0n) is 20.9. The van der Waals surface area contributed by atoms with Crippen molar-refractivity contribution in [3.8, 4) is 0 Å². The van der Waals surface area contributed by atoms with Crippen LogP contribution < -0.4 is 0 Å². The predicted molar refractivity (Wildman–Crippen MR) is 129 cm³/mol. The fourth-order valence-corrected chi connectivity index (χ4v) is 3.51. The first-order chi connectivity index (χ1) is 15.9. The molecule has 0 N–H and O–H groups in total. The minimum Gasteiger partial charge on any atom is -0.287 e. The molecule has 0 spiro atoms. The molecule has 2 aromatic rings. The maximum Gasteiger partial charge on any atom is 0.386 e. The van der Waals surface area contributed by atoms with Gasteiger partial charge >= 0.3 is 11.9 Å². The van der Waals surface area contributed by atoms with Gasteiger partial charge in [0.05, 0.1) is 11.1 Å². The number of benzene rings is 2. The fraction of sp³-hybridized carbons (Fsp3) is 0.429. The largest absolute Gasteiger partial charge is 0.386 e. The third-order valence-electron chi connectivity index (χ3n) is 5.78. The number of carbonyl (C=O) groups excluding carboxylic acids is 2. The Labute approximate surface area is 201 Å². The zero-order valence-corrected chi connectivity index (χ0v) is 20.9. The van der Waals surface area contributed by atoms with Crippen molar-refractivity contribution in [3.05, 3.63) is 82.3 Å². The molecule has 2 aromatic carbocycles. The maximum atomic E-state index is 12.4. The normalized spacial score (nSPS) is 14.4. The van der Waals surface area contributed by atoms with Crippen molar-refractivity contribution in [1.29, 1.82) is 0 Å². The summed E-state index contributed by atoms with van der Waals surface area (Å²) in [5.41, 5.74) is 2.99. The Hall–Kier alpha value is -3.28. The van der Waals surface area contributed by atoms with Crippen LogP contribution in [-0.4, -0.2) is 11.9 Å². The molecule has 1 aliphatic rings. The van der Waals surface area contributed by atoms with Crippen LogP contribution in [0, 0.1) is 0 Å². The maximum absolute atomic E-state index is 12.4. The van der Waals surface area contributed by atoms with Gasteiger partial charge in [-0.2, -0.15) is 0 Å². The monoisotopic (exact) mass is 466 g/mol. The van der Waals surface area contributed by atoms with Gasteiger partial charge in [0.2, 0.25) is 0 Å². The van der Waals surface area contributed by atoms with E-state index in [-0.39, 0.29) is 10.8 Å². The Kier molecular flexibility index (Phi) is 7.70. The highest BCUT2D eigenvalue weighted by molar-refractivity contribution is 5.89. The highest BCUT2D eigenvalue weighted by Crippen LogP contribution is 2.28. The molecule has 0 unspecified atom stereocenters. The summed E-state index contributed by atoms with van der Waals surface area (Å²) >= 11 is 0. The van der Waals surface area contributed by atoms with Gasteiger partial charge in [0.25, 0.3) is 0 Å². The van der Waals surface area contributed by atoms with Crippen molar-refractivity contribution in [2.45, 2.75) is 78.1 Å². The van der Waals surface area contributed by atoms with E-state index in [1.807, 2.05) is 24.3 Å². The highest BCUT2D eigenvalue weighted by Gasteiger charge is 2.23. The van der Waals surface area contributed by atoms with Crippen LogP contribution in [0.3, 0.4) is 0 Å². The summed E-state index contributed by atoms with van der Waals surface area (Å²) in [5, 5.41) is 0. The summed E-state index contributed by atoms with van der Waals surface area (Å²) in [7, 11) is 0. The topological polar surface area (TPSA) is 71.1 Å². The smallest absolute Gasteiger partial charge is 0.287 e. The third kappa shape index (κ3) is 6.62. The fourth-order valence-electron chi connectivity index (χ4n) is 3.51. The van der Waals surface area contributed by atoms with Crippen molar-refractivity contribution < 1.29 is 29.1 Å². The first-order valence-corrected chi connectivity index (χ1v) is 11.7. The van der Waals surface area contributed by atoms with E-state index in [9.17, 15) is 9.59 Å². The van der Waals surface area contributed by atoms with Gasteiger partial charge in [-0.05, 0) is 59.1 Å². The Morgan fingerprint density at radius 2 is 0.912 bits per heavy atom. The van der Waals surface area contributed by atoms with Crippen molar-refractivity contribution >= 4 is 11.9 Å². The number of hydrogen-bond acceptors (Lipinski definition) is 6. The molecule has 182 valence electrons. The Bertz CT molecular complexity index is 949. The van der Waals surface area contributed by atoms with Crippen LogP contribution in [0.5, 0.6) is 0 Å². The second-order valence-electron chi connectivity index (χ2n) is 10.6. The van der Waals surface area contributed by atoms with Crippen LogP contribution in [0.15, 0.2) is 60.0 Å². The van der Waals surface area contributed by atoms with Crippen molar-refractivity contribution in [3.63, 3.8) is 0 Å². The van der Waals surface area contributed by atoms with E-state index in [0.717, 1.165) is 24.0 Å². The summed E-state index contributed by atoms with van der Waals surface area (Å²) in [6.45, 7) is 12.6. The predicted octanol–water partition coefficient (Wildman–Crippen LogP) is 6.94. The lowest BCUT2D eigenvalue weighted by Gasteiger charge is -2.19. The molecule has 0 aliphatic heterocycles. The first-order valence-electron chi connectivity index (χ1n) is 11.7. The summed E-state index contributed by atoms with van der Waals surface area (Å²) in [4.78, 5) is 45.5.